The van der Waals surface area contributed by atoms with Crippen molar-refractivity contribution in [3.63, 3.8) is 0 Å². The Kier molecular flexibility index (Phi) is 4.79. The van der Waals surface area contributed by atoms with Crippen molar-refractivity contribution in [1.29, 1.82) is 0 Å². The van der Waals surface area contributed by atoms with Gasteiger partial charge in [0, 0.05) is 11.4 Å². The van der Waals surface area contributed by atoms with E-state index >= 15 is 0 Å². The summed E-state index contributed by atoms with van der Waals surface area (Å²) >= 11 is 7.19. The summed E-state index contributed by atoms with van der Waals surface area (Å²) in [7, 11) is 0. The Bertz CT molecular complexity index is 476. The molecule has 1 saturated heterocycles. The number of hydrogen-bond donors (Lipinski definition) is 1. The van der Waals surface area contributed by atoms with E-state index in [0.29, 0.717) is 17.5 Å². The predicted molar refractivity (Wildman–Crippen MR) is 71.6 cm³/mol. The van der Waals surface area contributed by atoms with Crippen LogP contribution in [0.25, 0.3) is 0 Å². The van der Waals surface area contributed by atoms with Gasteiger partial charge in [-0.1, -0.05) is 11.6 Å². The molecule has 2 rings (SSSR count). The molecule has 2 heterocycles. The van der Waals surface area contributed by atoms with Gasteiger partial charge in [-0.3, -0.25) is 9.59 Å². The topological polar surface area (TPSA) is 66.8 Å². The molecule has 104 valence electrons. The van der Waals surface area contributed by atoms with Gasteiger partial charge in [0.1, 0.15) is 0 Å². The fraction of sp³-hybridized carbons (Fsp3) is 0.500. The van der Waals surface area contributed by atoms with Gasteiger partial charge in [-0.15, -0.1) is 11.3 Å². The van der Waals surface area contributed by atoms with E-state index in [-0.39, 0.29) is 31.4 Å². The Balaban J connectivity index is 2.00. The minimum Gasteiger partial charge on any atom is -0.481 e. The van der Waals surface area contributed by atoms with Gasteiger partial charge in [-0.25, -0.2) is 0 Å². The van der Waals surface area contributed by atoms with Crippen molar-refractivity contribution in [3.05, 3.63) is 21.3 Å². The number of halogens is 1. The summed E-state index contributed by atoms with van der Waals surface area (Å²) in [6.45, 7) is 1.17. The van der Waals surface area contributed by atoms with Crippen molar-refractivity contribution in [2.24, 2.45) is 0 Å². The third-order valence-corrected chi connectivity index (χ3v) is 4.14. The standard InChI is InChI=1S/C12H14ClNO4S/c13-10-2-1-9(19-10)6-11(15)14-3-4-18-7-8(14)5-12(16)17/h1-2,8H,3-7H2,(H,16,17). The molecule has 0 spiro atoms. The molecule has 1 N–H and O–H groups in total. The first kappa shape index (κ1) is 14.3. The largest absolute Gasteiger partial charge is 0.481 e. The van der Waals surface area contributed by atoms with Crippen molar-refractivity contribution in [1.82, 2.24) is 4.90 Å². The first-order valence-electron chi connectivity index (χ1n) is 5.89. The van der Waals surface area contributed by atoms with Crippen LogP contribution in [0.5, 0.6) is 0 Å². The van der Waals surface area contributed by atoms with E-state index < -0.39 is 5.97 Å². The zero-order valence-corrected chi connectivity index (χ0v) is 11.7. The summed E-state index contributed by atoms with van der Waals surface area (Å²) in [6.07, 6.45) is 0.171. The lowest BCUT2D eigenvalue weighted by atomic mass is 10.1. The van der Waals surface area contributed by atoms with Crippen LogP contribution in [0.3, 0.4) is 0 Å². The average Bonchev–Trinajstić information content (AvgIpc) is 2.74. The number of carbonyl (C=O) groups is 2. The molecule has 1 aromatic heterocycles. The third kappa shape index (κ3) is 3.92. The van der Waals surface area contributed by atoms with Crippen LogP contribution < -0.4 is 0 Å². The van der Waals surface area contributed by atoms with E-state index in [1.807, 2.05) is 6.07 Å². The first-order valence-corrected chi connectivity index (χ1v) is 7.09. The highest BCUT2D eigenvalue weighted by Gasteiger charge is 2.29. The van der Waals surface area contributed by atoms with Gasteiger partial charge in [0.2, 0.25) is 5.91 Å². The number of aliphatic carboxylic acids is 1. The number of carbonyl (C=O) groups excluding carboxylic acids is 1. The van der Waals surface area contributed by atoms with Gasteiger partial charge < -0.3 is 14.7 Å². The van der Waals surface area contributed by atoms with E-state index in [4.69, 9.17) is 21.4 Å². The summed E-state index contributed by atoms with van der Waals surface area (Å²) in [5, 5.41) is 8.85. The molecule has 7 heteroatoms. The number of nitrogens with zero attached hydrogens (tertiary/aromatic N) is 1. The maximum Gasteiger partial charge on any atom is 0.305 e. The normalized spacial score (nSPS) is 19.4. The lowest BCUT2D eigenvalue weighted by Crippen LogP contribution is -2.50. The molecule has 0 aromatic carbocycles. The molecule has 0 aliphatic carbocycles. The Morgan fingerprint density at radius 3 is 2.95 bits per heavy atom. The Labute approximate surface area is 119 Å². The molecular weight excluding hydrogens is 290 g/mol. The fourth-order valence-electron chi connectivity index (χ4n) is 2.05. The van der Waals surface area contributed by atoms with E-state index in [1.54, 1.807) is 11.0 Å². The average molecular weight is 304 g/mol. The molecule has 0 radical (unpaired) electrons. The molecule has 5 nitrogen and oxygen atoms in total. The second-order valence-corrected chi connectivity index (χ2v) is 6.10. The molecule has 1 atom stereocenters. The van der Waals surface area contributed by atoms with Crippen LogP contribution >= 0.6 is 22.9 Å². The van der Waals surface area contributed by atoms with Crippen molar-refractivity contribution < 1.29 is 19.4 Å². The summed E-state index contributed by atoms with van der Waals surface area (Å²) < 4.78 is 5.89. The van der Waals surface area contributed by atoms with Gasteiger partial charge >= 0.3 is 5.97 Å². The second kappa shape index (κ2) is 6.36. The maximum absolute atomic E-state index is 12.2. The fourth-order valence-corrected chi connectivity index (χ4v) is 3.13. The van der Waals surface area contributed by atoms with Crippen LogP contribution in [0.15, 0.2) is 12.1 Å². The minimum atomic E-state index is -0.924. The highest BCUT2D eigenvalue weighted by atomic mass is 35.5. The molecule has 0 saturated carbocycles. The first-order chi connectivity index (χ1) is 9.06. The van der Waals surface area contributed by atoms with E-state index in [1.165, 1.54) is 11.3 Å². The lowest BCUT2D eigenvalue weighted by molar-refractivity contribution is -0.145. The molecule has 0 bridgehead atoms. The van der Waals surface area contributed by atoms with Gasteiger partial charge in [-0.05, 0) is 12.1 Å². The number of carboxylic acid groups (broad SMARTS) is 1. The zero-order valence-electron chi connectivity index (χ0n) is 10.2. The van der Waals surface area contributed by atoms with Crippen LogP contribution in [0.1, 0.15) is 11.3 Å². The van der Waals surface area contributed by atoms with Gasteiger partial charge in [0.15, 0.2) is 0 Å². The van der Waals surface area contributed by atoms with Crippen LogP contribution in [-0.4, -0.2) is 47.7 Å². The van der Waals surface area contributed by atoms with Crippen molar-refractivity contribution in [2.75, 3.05) is 19.8 Å². The van der Waals surface area contributed by atoms with E-state index in [0.717, 1.165) is 4.88 Å². The molecular formula is C12H14ClNO4S. The second-order valence-electron chi connectivity index (χ2n) is 4.30. The molecule has 1 aliphatic heterocycles. The van der Waals surface area contributed by atoms with Gasteiger partial charge in [0.25, 0.3) is 0 Å². The highest BCUT2D eigenvalue weighted by molar-refractivity contribution is 7.16. The van der Waals surface area contributed by atoms with Crippen molar-refractivity contribution in [2.45, 2.75) is 18.9 Å². The van der Waals surface area contributed by atoms with Gasteiger partial charge in [0.05, 0.1) is 36.4 Å². The SMILES string of the molecule is O=C(O)CC1COCCN1C(=O)Cc1ccc(Cl)s1. The van der Waals surface area contributed by atoms with Crippen LogP contribution in [-0.2, 0) is 20.7 Å². The molecule has 1 fully saturated rings. The van der Waals surface area contributed by atoms with E-state index in [9.17, 15) is 9.59 Å². The monoisotopic (exact) mass is 303 g/mol. The summed E-state index contributed by atoms with van der Waals surface area (Å²) in [5.74, 6) is -1.000. The van der Waals surface area contributed by atoms with Gasteiger partial charge in [-0.2, -0.15) is 0 Å². The summed E-state index contributed by atoms with van der Waals surface area (Å²) in [6, 6.07) is 3.19. The number of amides is 1. The van der Waals surface area contributed by atoms with Crippen molar-refractivity contribution in [3.8, 4) is 0 Å². The maximum atomic E-state index is 12.2. The Morgan fingerprint density at radius 2 is 2.32 bits per heavy atom. The minimum absolute atomic E-state index is 0.0759. The molecule has 1 aromatic rings. The quantitative estimate of drug-likeness (QED) is 0.918. The van der Waals surface area contributed by atoms with Crippen LogP contribution in [0, 0.1) is 0 Å². The summed E-state index contributed by atoms with van der Waals surface area (Å²) in [4.78, 5) is 25.5. The third-order valence-electron chi connectivity index (χ3n) is 2.91. The number of ether oxygens (including phenoxy) is 1. The predicted octanol–water partition coefficient (Wildman–Crippen LogP) is 1.65. The lowest BCUT2D eigenvalue weighted by Gasteiger charge is -2.34. The van der Waals surface area contributed by atoms with E-state index in [2.05, 4.69) is 0 Å². The van der Waals surface area contributed by atoms with Crippen LogP contribution in [0.2, 0.25) is 4.34 Å². The number of hydrogen-bond acceptors (Lipinski definition) is 4. The highest BCUT2D eigenvalue weighted by Crippen LogP contribution is 2.23. The Morgan fingerprint density at radius 1 is 1.53 bits per heavy atom. The van der Waals surface area contributed by atoms with Crippen LogP contribution in [0.4, 0.5) is 0 Å². The molecule has 19 heavy (non-hydrogen) atoms. The van der Waals surface area contributed by atoms with Crippen molar-refractivity contribution >= 4 is 34.8 Å². The Hall–Kier alpha value is -1.11. The summed E-state index contributed by atoms with van der Waals surface area (Å²) in [5.41, 5.74) is 0. The number of morpholine rings is 1. The zero-order chi connectivity index (χ0) is 13.8. The smallest absolute Gasteiger partial charge is 0.305 e. The number of carboxylic acids is 1. The molecule has 1 unspecified atom stereocenters. The number of rotatable bonds is 4. The molecule has 1 aliphatic rings. The number of thiophene rings is 1. The molecule has 1 amide bonds.